The molecule has 3 aliphatic heterocycles. The van der Waals surface area contributed by atoms with Crippen molar-refractivity contribution in [2.24, 2.45) is 5.41 Å². The van der Waals surface area contributed by atoms with Gasteiger partial charge in [-0.3, -0.25) is 20.2 Å². The number of hydrogen-bond donors (Lipinski definition) is 2. The summed E-state index contributed by atoms with van der Waals surface area (Å²) in [4.78, 5) is 40.0. The molecule has 200 valence electrons. The number of fused-ring (bicyclic) bond motifs is 5. The van der Waals surface area contributed by atoms with Crippen LogP contribution in [0.15, 0.2) is 16.7 Å². The SMILES string of the molecule is Cc1cc(C(F)(F)F)nn1-c1noc2c(F)c3c(cc12)CC1(C(=O)NC(=O)NC1=O)[C@@H]1[C@@H](C)O[C@@H](C)CN31. The number of halogens is 4. The summed E-state index contributed by atoms with van der Waals surface area (Å²) in [5.41, 5.74) is -3.01. The molecule has 3 aromatic rings. The maximum atomic E-state index is 16.1. The molecule has 38 heavy (non-hydrogen) atoms. The average molecular weight is 536 g/mol. The number of nitrogens with one attached hydrogen (secondary N) is 2. The first-order chi connectivity index (χ1) is 17.8. The molecular weight excluding hydrogens is 516 g/mol. The van der Waals surface area contributed by atoms with Crippen LogP contribution in [0, 0.1) is 18.2 Å². The van der Waals surface area contributed by atoms with Crippen LogP contribution < -0.4 is 15.5 Å². The van der Waals surface area contributed by atoms with Gasteiger partial charge in [0.1, 0.15) is 0 Å². The van der Waals surface area contributed by atoms with Gasteiger partial charge in [0.15, 0.2) is 16.9 Å². The number of aromatic nitrogens is 3. The number of barbiturate groups is 1. The fourth-order valence-corrected chi connectivity index (χ4v) is 5.92. The standard InChI is InChI=1S/C23H20F4N6O5/c1-8-4-13(23(25,26)27)30-33(8)18-12-5-11-6-22(19(34)28-21(36)29-20(22)35)17-10(3)37-9(2)7-32(17)15(11)14(24)16(12)38-31-18/h4-5,9-10,17H,6-7H2,1-3H3,(H2,28,29,34,35,36)/t9-,10+,17-/m0/s1. The van der Waals surface area contributed by atoms with Crippen molar-refractivity contribution in [2.45, 2.75) is 51.6 Å². The first-order valence-corrected chi connectivity index (χ1v) is 11.7. The quantitative estimate of drug-likeness (QED) is 0.358. The van der Waals surface area contributed by atoms with E-state index in [1.165, 1.54) is 13.0 Å². The minimum absolute atomic E-state index is 0.00293. The molecule has 3 atom stereocenters. The molecule has 0 radical (unpaired) electrons. The highest BCUT2D eigenvalue weighted by molar-refractivity contribution is 6.20. The largest absolute Gasteiger partial charge is 0.435 e. The minimum atomic E-state index is -4.72. The summed E-state index contributed by atoms with van der Waals surface area (Å²) in [7, 11) is 0. The third-order valence-electron chi connectivity index (χ3n) is 7.32. The Labute approximate surface area is 211 Å². The summed E-state index contributed by atoms with van der Waals surface area (Å²) < 4.78 is 67.9. The highest BCUT2D eigenvalue weighted by atomic mass is 19.4. The van der Waals surface area contributed by atoms with Gasteiger partial charge < -0.3 is 14.2 Å². The number of nitrogens with zero attached hydrogens (tertiary/aromatic N) is 4. The molecule has 3 aliphatic rings. The van der Waals surface area contributed by atoms with Gasteiger partial charge in [0.2, 0.25) is 23.2 Å². The minimum Gasteiger partial charge on any atom is -0.372 e. The average Bonchev–Trinajstić information content (AvgIpc) is 3.40. The molecule has 0 bridgehead atoms. The molecule has 2 fully saturated rings. The summed E-state index contributed by atoms with van der Waals surface area (Å²) in [6.45, 7) is 4.88. The van der Waals surface area contributed by atoms with Crippen LogP contribution in [-0.4, -0.2) is 57.6 Å². The van der Waals surface area contributed by atoms with E-state index >= 15 is 4.39 Å². The number of hydrogen-bond acceptors (Lipinski definition) is 8. The van der Waals surface area contributed by atoms with Crippen LogP contribution in [0.1, 0.15) is 30.8 Å². The zero-order valence-electron chi connectivity index (χ0n) is 20.1. The van der Waals surface area contributed by atoms with E-state index < -0.39 is 59.2 Å². The molecule has 11 nitrogen and oxygen atoms in total. The van der Waals surface area contributed by atoms with Gasteiger partial charge in [-0.1, -0.05) is 5.16 Å². The second-order valence-electron chi connectivity index (χ2n) is 9.80. The normalized spacial score (nSPS) is 24.9. The van der Waals surface area contributed by atoms with E-state index in [2.05, 4.69) is 20.9 Å². The van der Waals surface area contributed by atoms with Gasteiger partial charge in [-0.15, -0.1) is 0 Å². The Morgan fingerprint density at radius 1 is 1.13 bits per heavy atom. The van der Waals surface area contributed by atoms with Crippen LogP contribution in [0.25, 0.3) is 16.8 Å². The number of benzene rings is 1. The second kappa shape index (κ2) is 7.75. The summed E-state index contributed by atoms with van der Waals surface area (Å²) >= 11 is 0. The summed E-state index contributed by atoms with van der Waals surface area (Å²) in [5, 5.41) is 11.6. The summed E-state index contributed by atoms with van der Waals surface area (Å²) in [5.74, 6) is -2.77. The fourth-order valence-electron chi connectivity index (χ4n) is 5.92. The fraction of sp³-hybridized carbons (Fsp3) is 0.435. The Hall–Kier alpha value is -4.01. The van der Waals surface area contributed by atoms with E-state index in [-0.39, 0.29) is 46.7 Å². The van der Waals surface area contributed by atoms with Crippen LogP contribution in [-0.2, 0) is 26.9 Å². The molecular formula is C23H20F4N6O5. The maximum absolute atomic E-state index is 16.1. The molecule has 0 saturated carbocycles. The van der Waals surface area contributed by atoms with Crippen LogP contribution in [0.3, 0.4) is 0 Å². The van der Waals surface area contributed by atoms with E-state index in [1.54, 1.807) is 18.7 Å². The predicted molar refractivity (Wildman–Crippen MR) is 120 cm³/mol. The topological polar surface area (TPSA) is 132 Å². The van der Waals surface area contributed by atoms with Crippen molar-refractivity contribution in [1.82, 2.24) is 25.6 Å². The lowest BCUT2D eigenvalue weighted by Gasteiger charge is -2.55. The lowest BCUT2D eigenvalue weighted by molar-refractivity contribution is -0.153. The zero-order chi connectivity index (χ0) is 27.3. The van der Waals surface area contributed by atoms with Gasteiger partial charge in [0.25, 0.3) is 0 Å². The number of anilines is 1. The number of urea groups is 1. The van der Waals surface area contributed by atoms with E-state index in [9.17, 15) is 27.6 Å². The third kappa shape index (κ3) is 3.20. The van der Waals surface area contributed by atoms with E-state index in [1.807, 2.05) is 0 Å². The second-order valence-corrected chi connectivity index (χ2v) is 9.80. The first-order valence-electron chi connectivity index (χ1n) is 11.7. The summed E-state index contributed by atoms with van der Waals surface area (Å²) in [6.07, 6.45) is -6.16. The maximum Gasteiger partial charge on any atom is 0.435 e. The van der Waals surface area contributed by atoms with Gasteiger partial charge in [0, 0.05) is 18.7 Å². The zero-order valence-corrected chi connectivity index (χ0v) is 20.1. The lowest BCUT2D eigenvalue weighted by atomic mass is 9.66. The van der Waals surface area contributed by atoms with Crippen molar-refractivity contribution < 1.29 is 41.2 Å². The molecule has 2 aromatic heterocycles. The molecule has 6 rings (SSSR count). The Morgan fingerprint density at radius 3 is 2.45 bits per heavy atom. The molecule has 0 unspecified atom stereocenters. The molecule has 5 heterocycles. The van der Waals surface area contributed by atoms with Crippen molar-refractivity contribution in [2.75, 3.05) is 11.4 Å². The van der Waals surface area contributed by atoms with Gasteiger partial charge in [0.05, 0.1) is 29.3 Å². The third-order valence-corrected chi connectivity index (χ3v) is 7.32. The number of morpholine rings is 1. The number of carbonyl (C=O) groups is 3. The Morgan fingerprint density at radius 2 is 1.82 bits per heavy atom. The van der Waals surface area contributed by atoms with E-state index in [0.717, 1.165) is 10.7 Å². The van der Waals surface area contributed by atoms with Crippen molar-refractivity contribution in [3.8, 4) is 5.82 Å². The molecule has 4 amide bonds. The summed E-state index contributed by atoms with van der Waals surface area (Å²) in [6, 6.07) is 0.293. The lowest BCUT2D eigenvalue weighted by Crippen LogP contribution is -2.75. The van der Waals surface area contributed by atoms with Crippen molar-refractivity contribution in [3.63, 3.8) is 0 Å². The van der Waals surface area contributed by atoms with Gasteiger partial charge in [-0.05, 0) is 38.5 Å². The molecule has 0 aliphatic carbocycles. The van der Waals surface area contributed by atoms with Crippen LogP contribution >= 0.6 is 0 Å². The Balaban J connectivity index is 1.58. The van der Waals surface area contributed by atoms with Crippen molar-refractivity contribution in [1.29, 1.82) is 0 Å². The number of alkyl halides is 3. The monoisotopic (exact) mass is 536 g/mol. The Kier molecular flexibility index (Phi) is 4.96. The van der Waals surface area contributed by atoms with Gasteiger partial charge in [-0.25, -0.2) is 13.9 Å². The van der Waals surface area contributed by atoms with Gasteiger partial charge in [-0.2, -0.15) is 18.3 Å². The molecule has 15 heteroatoms. The number of amides is 4. The Bertz CT molecular complexity index is 1530. The van der Waals surface area contributed by atoms with Gasteiger partial charge >= 0.3 is 12.2 Å². The molecule has 1 spiro atoms. The highest BCUT2D eigenvalue weighted by Gasteiger charge is 2.63. The number of aryl methyl sites for hydroxylation is 1. The number of ether oxygens (including phenoxy) is 1. The molecule has 1 aromatic carbocycles. The first kappa shape index (κ1) is 24.3. The van der Waals surface area contributed by atoms with Crippen molar-refractivity contribution >= 4 is 34.5 Å². The van der Waals surface area contributed by atoms with Crippen LogP contribution in [0.4, 0.5) is 28.0 Å². The smallest absolute Gasteiger partial charge is 0.372 e. The van der Waals surface area contributed by atoms with Crippen LogP contribution in [0.5, 0.6) is 0 Å². The number of rotatable bonds is 1. The van der Waals surface area contributed by atoms with E-state index in [4.69, 9.17) is 9.26 Å². The molecule has 2 N–H and O–H groups in total. The number of carbonyl (C=O) groups excluding carboxylic acids is 3. The van der Waals surface area contributed by atoms with E-state index in [0.29, 0.717) is 0 Å². The van der Waals surface area contributed by atoms with Crippen molar-refractivity contribution in [3.05, 3.63) is 34.9 Å². The number of imide groups is 2. The molecule has 2 saturated heterocycles. The highest BCUT2D eigenvalue weighted by Crippen LogP contribution is 2.49. The van der Waals surface area contributed by atoms with Crippen LogP contribution in [0.2, 0.25) is 0 Å². The predicted octanol–water partition coefficient (Wildman–Crippen LogP) is 2.37.